The van der Waals surface area contributed by atoms with E-state index in [9.17, 15) is 9.59 Å². The van der Waals surface area contributed by atoms with Gasteiger partial charge in [0, 0.05) is 25.0 Å². The van der Waals surface area contributed by atoms with Crippen LogP contribution in [0.5, 0.6) is 0 Å². The van der Waals surface area contributed by atoms with Gasteiger partial charge in [-0.25, -0.2) is 14.8 Å². The zero-order valence-electron chi connectivity index (χ0n) is 14.9. The molecule has 1 saturated heterocycles. The Hall–Kier alpha value is -2.96. The third-order valence-electron chi connectivity index (χ3n) is 4.38. The van der Waals surface area contributed by atoms with Gasteiger partial charge in [-0.15, -0.1) is 0 Å². The van der Waals surface area contributed by atoms with E-state index in [2.05, 4.69) is 31.8 Å². The number of anilines is 2. The van der Waals surface area contributed by atoms with E-state index in [4.69, 9.17) is 0 Å². The van der Waals surface area contributed by atoms with Gasteiger partial charge in [0.15, 0.2) is 0 Å². The average molecular weight is 354 g/mol. The highest BCUT2D eigenvalue weighted by atomic mass is 16.5. The van der Waals surface area contributed by atoms with Crippen LogP contribution in [-0.2, 0) is 4.74 Å². The summed E-state index contributed by atoms with van der Waals surface area (Å²) in [6, 6.07) is 8.09. The number of benzene rings is 1. The van der Waals surface area contributed by atoms with Crippen LogP contribution in [0.2, 0.25) is 0 Å². The fourth-order valence-electron chi connectivity index (χ4n) is 3.00. The highest BCUT2D eigenvalue weighted by molar-refractivity contribution is 6.03. The number of nitrogens with one attached hydrogen (secondary N) is 1. The van der Waals surface area contributed by atoms with Gasteiger partial charge in [0.05, 0.1) is 12.7 Å². The first-order chi connectivity index (χ1) is 12.6. The molecule has 1 amide bonds. The summed E-state index contributed by atoms with van der Waals surface area (Å²) < 4.78 is 4.66. The smallest absolute Gasteiger partial charge is 0.337 e. The molecule has 136 valence electrons. The molecule has 0 aliphatic carbocycles. The Morgan fingerprint density at radius 2 is 2.00 bits per heavy atom. The van der Waals surface area contributed by atoms with Crippen LogP contribution in [-0.4, -0.2) is 42.0 Å². The standard InChI is InChI=1S/C19H22N4O3/c1-13-4-3-11-23(12-13)19-20-10-9-16(22-19)17(24)21-15-7-5-14(6-8-15)18(25)26-2/h5-10,13H,3-4,11-12H2,1-2H3,(H,21,24). The van der Waals surface area contributed by atoms with Crippen molar-refractivity contribution < 1.29 is 14.3 Å². The number of methoxy groups -OCH3 is 1. The molecular weight excluding hydrogens is 332 g/mol. The van der Waals surface area contributed by atoms with E-state index in [0.717, 1.165) is 19.5 Å². The van der Waals surface area contributed by atoms with Crippen molar-refractivity contribution in [2.75, 3.05) is 30.4 Å². The van der Waals surface area contributed by atoms with E-state index in [1.165, 1.54) is 13.5 Å². The van der Waals surface area contributed by atoms with E-state index in [0.29, 0.717) is 28.8 Å². The number of hydrogen-bond donors (Lipinski definition) is 1. The van der Waals surface area contributed by atoms with Crippen molar-refractivity contribution in [3.05, 3.63) is 47.8 Å². The van der Waals surface area contributed by atoms with Crippen molar-refractivity contribution in [1.82, 2.24) is 9.97 Å². The molecular formula is C19H22N4O3. The summed E-state index contributed by atoms with van der Waals surface area (Å²) in [5.74, 6) is 0.451. The highest BCUT2D eigenvalue weighted by Crippen LogP contribution is 2.20. The average Bonchev–Trinajstić information content (AvgIpc) is 2.68. The van der Waals surface area contributed by atoms with Gasteiger partial charge in [0.25, 0.3) is 5.91 Å². The summed E-state index contributed by atoms with van der Waals surface area (Å²) in [6.45, 7) is 4.02. The lowest BCUT2D eigenvalue weighted by atomic mass is 10.0. The Morgan fingerprint density at radius 3 is 2.69 bits per heavy atom. The summed E-state index contributed by atoms with van der Waals surface area (Å²) >= 11 is 0. The molecule has 1 aromatic heterocycles. The molecule has 1 atom stereocenters. The Labute approximate surface area is 152 Å². The number of esters is 1. The predicted molar refractivity (Wildman–Crippen MR) is 98.4 cm³/mol. The monoisotopic (exact) mass is 354 g/mol. The first-order valence-corrected chi connectivity index (χ1v) is 8.64. The fourth-order valence-corrected chi connectivity index (χ4v) is 3.00. The van der Waals surface area contributed by atoms with Crippen LogP contribution in [0, 0.1) is 5.92 Å². The van der Waals surface area contributed by atoms with Gasteiger partial charge in [0.1, 0.15) is 5.69 Å². The zero-order valence-corrected chi connectivity index (χ0v) is 14.9. The van der Waals surface area contributed by atoms with Crippen LogP contribution in [0.3, 0.4) is 0 Å². The third-order valence-corrected chi connectivity index (χ3v) is 4.38. The Bertz CT molecular complexity index is 792. The molecule has 1 N–H and O–H groups in total. The molecule has 1 aliphatic rings. The summed E-state index contributed by atoms with van der Waals surface area (Å²) in [7, 11) is 1.33. The highest BCUT2D eigenvalue weighted by Gasteiger charge is 2.20. The largest absolute Gasteiger partial charge is 0.465 e. The quantitative estimate of drug-likeness (QED) is 0.850. The lowest BCUT2D eigenvalue weighted by molar-refractivity contribution is 0.0600. The van der Waals surface area contributed by atoms with Crippen LogP contribution < -0.4 is 10.2 Å². The van der Waals surface area contributed by atoms with Crippen molar-refractivity contribution in [3.8, 4) is 0 Å². The number of carbonyl (C=O) groups excluding carboxylic acids is 2. The van der Waals surface area contributed by atoms with Gasteiger partial charge in [-0.1, -0.05) is 6.92 Å². The van der Waals surface area contributed by atoms with E-state index < -0.39 is 5.97 Å². The van der Waals surface area contributed by atoms with Gasteiger partial charge in [-0.3, -0.25) is 4.79 Å². The van der Waals surface area contributed by atoms with Gasteiger partial charge < -0.3 is 15.0 Å². The molecule has 2 heterocycles. The Morgan fingerprint density at radius 1 is 1.23 bits per heavy atom. The normalized spacial score (nSPS) is 16.8. The molecule has 1 aliphatic heterocycles. The van der Waals surface area contributed by atoms with Crippen molar-refractivity contribution in [3.63, 3.8) is 0 Å². The van der Waals surface area contributed by atoms with Gasteiger partial charge in [-0.05, 0) is 49.1 Å². The van der Waals surface area contributed by atoms with Crippen molar-refractivity contribution in [1.29, 1.82) is 0 Å². The summed E-state index contributed by atoms with van der Waals surface area (Å²) in [4.78, 5) is 34.8. The molecule has 7 nitrogen and oxygen atoms in total. The minimum atomic E-state index is -0.418. The van der Waals surface area contributed by atoms with E-state index >= 15 is 0 Å². The zero-order chi connectivity index (χ0) is 18.5. The van der Waals surface area contributed by atoms with Crippen LogP contribution in [0.4, 0.5) is 11.6 Å². The van der Waals surface area contributed by atoms with Crippen LogP contribution in [0.15, 0.2) is 36.5 Å². The molecule has 0 bridgehead atoms. The molecule has 26 heavy (non-hydrogen) atoms. The Balaban J connectivity index is 1.70. The molecule has 0 spiro atoms. The summed E-state index contributed by atoms with van der Waals surface area (Å²) in [6.07, 6.45) is 3.92. The van der Waals surface area contributed by atoms with Crippen LogP contribution in [0.25, 0.3) is 0 Å². The van der Waals surface area contributed by atoms with Gasteiger partial charge in [0.2, 0.25) is 5.95 Å². The number of carbonyl (C=O) groups is 2. The molecule has 7 heteroatoms. The van der Waals surface area contributed by atoms with Crippen molar-refractivity contribution >= 4 is 23.5 Å². The van der Waals surface area contributed by atoms with E-state index in [1.807, 2.05) is 0 Å². The maximum atomic E-state index is 12.5. The van der Waals surface area contributed by atoms with E-state index in [1.54, 1.807) is 36.5 Å². The first kappa shape index (κ1) is 17.8. The maximum absolute atomic E-state index is 12.5. The van der Waals surface area contributed by atoms with Crippen molar-refractivity contribution in [2.24, 2.45) is 5.92 Å². The van der Waals surface area contributed by atoms with E-state index in [-0.39, 0.29) is 5.91 Å². The summed E-state index contributed by atoms with van der Waals surface area (Å²) in [5.41, 5.74) is 1.31. The SMILES string of the molecule is COC(=O)c1ccc(NC(=O)c2ccnc(N3CCCC(C)C3)n2)cc1. The molecule has 1 fully saturated rings. The molecule has 3 rings (SSSR count). The second-order valence-corrected chi connectivity index (χ2v) is 6.46. The number of amides is 1. The Kier molecular flexibility index (Phi) is 5.46. The molecule has 0 radical (unpaired) electrons. The maximum Gasteiger partial charge on any atom is 0.337 e. The number of ether oxygens (including phenoxy) is 1. The lowest BCUT2D eigenvalue weighted by Gasteiger charge is -2.30. The number of piperidine rings is 1. The topological polar surface area (TPSA) is 84.4 Å². The van der Waals surface area contributed by atoms with Crippen LogP contribution in [0.1, 0.15) is 40.6 Å². The minimum Gasteiger partial charge on any atom is -0.465 e. The molecule has 2 aromatic rings. The van der Waals surface area contributed by atoms with Gasteiger partial charge in [-0.2, -0.15) is 0 Å². The number of aromatic nitrogens is 2. The van der Waals surface area contributed by atoms with Gasteiger partial charge >= 0.3 is 5.97 Å². The minimum absolute atomic E-state index is 0.310. The predicted octanol–water partition coefficient (Wildman–Crippen LogP) is 2.75. The molecule has 1 aromatic carbocycles. The number of nitrogens with zero attached hydrogens (tertiary/aromatic N) is 3. The molecule has 0 saturated carbocycles. The second-order valence-electron chi connectivity index (χ2n) is 6.46. The van der Waals surface area contributed by atoms with Crippen LogP contribution >= 0.6 is 0 Å². The third kappa shape index (κ3) is 4.17. The first-order valence-electron chi connectivity index (χ1n) is 8.64. The lowest BCUT2D eigenvalue weighted by Crippen LogP contribution is -2.35. The fraction of sp³-hybridized carbons (Fsp3) is 0.368. The number of hydrogen-bond acceptors (Lipinski definition) is 6. The van der Waals surface area contributed by atoms with Crippen molar-refractivity contribution in [2.45, 2.75) is 19.8 Å². The number of rotatable bonds is 4. The summed E-state index contributed by atoms with van der Waals surface area (Å²) in [5, 5.41) is 2.78. The second kappa shape index (κ2) is 7.95. The molecule has 1 unspecified atom stereocenters.